The average Bonchev–Trinajstić information content (AvgIpc) is 3.42. The highest BCUT2D eigenvalue weighted by atomic mass is 32.2. The predicted molar refractivity (Wildman–Crippen MR) is 121 cm³/mol. The van der Waals surface area contributed by atoms with E-state index in [2.05, 4.69) is 21.7 Å². The molecule has 0 aliphatic carbocycles. The molecule has 1 atom stereocenters. The fraction of sp³-hybridized carbons (Fsp3) is 0.318. The smallest absolute Gasteiger partial charge is 0.238 e. The summed E-state index contributed by atoms with van der Waals surface area (Å²) in [7, 11) is -3.70. The number of hydrogen-bond acceptors (Lipinski definition) is 6. The van der Waals surface area contributed by atoms with Crippen LogP contribution in [-0.2, 0) is 21.3 Å². The summed E-state index contributed by atoms with van der Waals surface area (Å²) in [5.41, 5.74) is 2.21. The molecule has 7 nitrogen and oxygen atoms in total. The highest BCUT2D eigenvalue weighted by Crippen LogP contribution is 2.28. The topological polar surface area (TPSA) is 96.4 Å². The maximum absolute atomic E-state index is 11.3. The molecule has 1 unspecified atom stereocenters. The molecular weight excluding hydrogens is 434 g/mol. The molecular formula is C22H25N3O4S2. The molecule has 31 heavy (non-hydrogen) atoms. The summed E-state index contributed by atoms with van der Waals surface area (Å²) >= 11 is 1.63. The fourth-order valence-electron chi connectivity index (χ4n) is 3.50. The number of rotatable bonds is 9. The Morgan fingerprint density at radius 3 is 2.61 bits per heavy atom. The van der Waals surface area contributed by atoms with Gasteiger partial charge in [0.25, 0.3) is 0 Å². The van der Waals surface area contributed by atoms with E-state index < -0.39 is 10.0 Å². The van der Waals surface area contributed by atoms with Crippen LogP contribution in [0.25, 0.3) is 11.3 Å². The van der Waals surface area contributed by atoms with E-state index in [4.69, 9.17) is 14.6 Å². The third-order valence-electron chi connectivity index (χ3n) is 5.03. The Bertz CT molecular complexity index is 1090. The molecule has 1 aromatic heterocycles. The second-order valence-corrected chi connectivity index (χ2v) is 9.87. The van der Waals surface area contributed by atoms with E-state index >= 15 is 0 Å². The molecule has 0 radical (unpaired) electrons. The van der Waals surface area contributed by atoms with Crippen molar-refractivity contribution in [2.75, 3.05) is 19.0 Å². The number of hydrogen-bond donors (Lipinski definition) is 1. The Labute approximate surface area is 186 Å². The molecule has 0 saturated carbocycles. The van der Waals surface area contributed by atoms with E-state index in [1.54, 1.807) is 23.9 Å². The van der Waals surface area contributed by atoms with Crippen LogP contribution in [0.5, 0.6) is 5.75 Å². The van der Waals surface area contributed by atoms with Crippen LogP contribution in [0.3, 0.4) is 0 Å². The zero-order valence-electron chi connectivity index (χ0n) is 17.0. The third kappa shape index (κ3) is 5.68. The van der Waals surface area contributed by atoms with E-state index in [9.17, 15) is 8.42 Å². The van der Waals surface area contributed by atoms with Crippen LogP contribution in [-0.4, -0.2) is 43.0 Å². The predicted octanol–water partition coefficient (Wildman–Crippen LogP) is 3.55. The number of aromatic nitrogens is 2. The van der Waals surface area contributed by atoms with Gasteiger partial charge in [-0.3, -0.25) is 0 Å². The zero-order valence-corrected chi connectivity index (χ0v) is 18.6. The Kier molecular flexibility index (Phi) is 6.96. The maximum atomic E-state index is 11.3. The van der Waals surface area contributed by atoms with Crippen molar-refractivity contribution in [3.63, 3.8) is 0 Å². The molecule has 2 aromatic carbocycles. The minimum atomic E-state index is -3.70. The van der Waals surface area contributed by atoms with Crippen molar-refractivity contribution in [3.05, 3.63) is 60.8 Å². The lowest BCUT2D eigenvalue weighted by atomic mass is 10.1. The number of thioether (sulfide) groups is 1. The molecule has 164 valence electrons. The monoisotopic (exact) mass is 459 g/mol. The first-order valence-corrected chi connectivity index (χ1v) is 12.6. The Morgan fingerprint density at radius 1 is 1.16 bits per heavy atom. The lowest BCUT2D eigenvalue weighted by Gasteiger charge is -2.16. The van der Waals surface area contributed by atoms with Gasteiger partial charge in [0.05, 0.1) is 36.0 Å². The first-order valence-electron chi connectivity index (χ1n) is 10.1. The number of imidazole rings is 1. The summed E-state index contributed by atoms with van der Waals surface area (Å²) in [6.07, 6.45) is 4.29. The van der Waals surface area contributed by atoms with Crippen LogP contribution in [0.4, 0.5) is 0 Å². The van der Waals surface area contributed by atoms with Gasteiger partial charge in [-0.05, 0) is 42.7 Å². The summed E-state index contributed by atoms with van der Waals surface area (Å²) in [4.78, 5) is 4.72. The molecule has 1 aliphatic heterocycles. The number of primary sulfonamides is 1. The van der Waals surface area contributed by atoms with Gasteiger partial charge in [-0.15, -0.1) is 0 Å². The summed E-state index contributed by atoms with van der Waals surface area (Å²) in [6.45, 7) is 2.07. The number of ether oxygens (including phenoxy) is 2. The Morgan fingerprint density at radius 2 is 1.94 bits per heavy atom. The van der Waals surface area contributed by atoms with Gasteiger partial charge in [0.1, 0.15) is 5.75 Å². The molecule has 1 aliphatic rings. The number of sulfonamides is 1. The van der Waals surface area contributed by atoms with Crippen molar-refractivity contribution in [1.82, 2.24) is 9.55 Å². The Hall–Kier alpha value is -2.33. The van der Waals surface area contributed by atoms with Crippen LogP contribution in [0.2, 0.25) is 0 Å². The normalized spacial score (nSPS) is 16.5. The fourth-order valence-corrected chi connectivity index (χ4v) is 4.82. The van der Waals surface area contributed by atoms with E-state index in [1.165, 1.54) is 12.1 Å². The molecule has 1 fully saturated rings. The van der Waals surface area contributed by atoms with Gasteiger partial charge in [-0.2, -0.15) is 0 Å². The number of nitrogens with two attached hydrogens (primary N) is 1. The van der Waals surface area contributed by atoms with E-state index in [0.717, 1.165) is 42.4 Å². The molecule has 1 saturated heterocycles. The maximum Gasteiger partial charge on any atom is 0.238 e. The minimum Gasteiger partial charge on any atom is -0.493 e. The van der Waals surface area contributed by atoms with Gasteiger partial charge in [-0.25, -0.2) is 18.5 Å². The van der Waals surface area contributed by atoms with Gasteiger partial charge in [0.2, 0.25) is 10.0 Å². The average molecular weight is 460 g/mol. The lowest BCUT2D eigenvalue weighted by molar-refractivity contribution is 0.0954. The third-order valence-corrected chi connectivity index (χ3v) is 6.92. The van der Waals surface area contributed by atoms with Crippen molar-refractivity contribution in [2.45, 2.75) is 35.5 Å². The van der Waals surface area contributed by atoms with Crippen LogP contribution < -0.4 is 9.88 Å². The largest absolute Gasteiger partial charge is 0.493 e. The summed E-state index contributed by atoms with van der Waals surface area (Å²) in [5.74, 6) is 1.30. The highest BCUT2D eigenvalue weighted by Gasteiger charge is 2.20. The van der Waals surface area contributed by atoms with Gasteiger partial charge < -0.3 is 14.0 Å². The van der Waals surface area contributed by atoms with Crippen LogP contribution >= 0.6 is 11.8 Å². The standard InChI is InChI=1S/C22H25N3O4S2/c23-31(26,27)20-10-8-18(9-11-20)29-13-14-30-22-24-15-21(17-5-2-1-3-6-17)25(22)16-19-7-4-12-28-19/h1-3,5-6,8-11,15,19H,4,7,12-14,16H2,(H2,23,26,27). The Balaban J connectivity index is 1.40. The summed E-state index contributed by atoms with van der Waals surface area (Å²) in [5, 5.41) is 6.05. The second kappa shape index (κ2) is 9.86. The van der Waals surface area contributed by atoms with Crippen LogP contribution in [0.1, 0.15) is 12.8 Å². The molecule has 2 heterocycles. The van der Waals surface area contributed by atoms with Gasteiger partial charge >= 0.3 is 0 Å². The van der Waals surface area contributed by atoms with E-state index in [0.29, 0.717) is 18.1 Å². The highest BCUT2D eigenvalue weighted by molar-refractivity contribution is 7.99. The SMILES string of the molecule is NS(=O)(=O)c1ccc(OCCSc2ncc(-c3ccccc3)n2CC2CCCO2)cc1. The summed E-state index contributed by atoms with van der Waals surface area (Å²) < 4.78 is 36.5. The molecule has 0 spiro atoms. The van der Waals surface area contributed by atoms with E-state index in [1.807, 2.05) is 24.4 Å². The number of nitrogens with zero attached hydrogens (tertiary/aromatic N) is 2. The lowest BCUT2D eigenvalue weighted by Crippen LogP contribution is -2.16. The van der Waals surface area contributed by atoms with Crippen LogP contribution in [0.15, 0.2) is 70.8 Å². The molecule has 9 heteroatoms. The quantitative estimate of drug-likeness (QED) is 0.388. The molecule has 3 aromatic rings. The van der Waals surface area contributed by atoms with Crippen molar-refractivity contribution in [2.24, 2.45) is 5.14 Å². The van der Waals surface area contributed by atoms with Crippen LogP contribution in [0, 0.1) is 0 Å². The number of benzene rings is 2. The molecule has 0 amide bonds. The molecule has 4 rings (SSSR count). The van der Waals surface area contributed by atoms with Gasteiger partial charge in [-0.1, -0.05) is 42.1 Å². The van der Waals surface area contributed by atoms with E-state index in [-0.39, 0.29) is 11.0 Å². The summed E-state index contributed by atoms with van der Waals surface area (Å²) in [6, 6.07) is 16.3. The molecule has 2 N–H and O–H groups in total. The van der Waals surface area contributed by atoms with Crippen molar-refractivity contribution in [3.8, 4) is 17.0 Å². The molecule has 0 bridgehead atoms. The zero-order chi connectivity index (χ0) is 21.7. The van der Waals surface area contributed by atoms with Crippen molar-refractivity contribution < 1.29 is 17.9 Å². The first-order chi connectivity index (χ1) is 15.0. The van der Waals surface area contributed by atoms with Crippen molar-refractivity contribution in [1.29, 1.82) is 0 Å². The van der Waals surface area contributed by atoms with Gasteiger partial charge in [0.15, 0.2) is 5.16 Å². The first kappa shape index (κ1) is 21.9. The van der Waals surface area contributed by atoms with Gasteiger partial charge in [0, 0.05) is 12.4 Å². The van der Waals surface area contributed by atoms with Crippen molar-refractivity contribution >= 4 is 21.8 Å². The second-order valence-electron chi connectivity index (χ2n) is 7.25. The minimum absolute atomic E-state index is 0.0684.